The third-order valence-electron chi connectivity index (χ3n) is 4.86. The van der Waals surface area contributed by atoms with E-state index in [0.29, 0.717) is 5.92 Å². The summed E-state index contributed by atoms with van der Waals surface area (Å²) in [4.78, 5) is 14.6. The van der Waals surface area contributed by atoms with Crippen LogP contribution in [0.25, 0.3) is 0 Å². The van der Waals surface area contributed by atoms with Crippen molar-refractivity contribution in [2.75, 3.05) is 26.2 Å². The fourth-order valence-corrected chi connectivity index (χ4v) is 3.71. The Kier molecular flexibility index (Phi) is 7.82. The fourth-order valence-electron chi connectivity index (χ4n) is 3.59. The number of amides is 1. The highest BCUT2D eigenvalue weighted by atomic mass is 35.5. The molecular weight excluding hydrogens is 345 g/mol. The van der Waals surface area contributed by atoms with Gasteiger partial charge in [0.2, 0.25) is 5.91 Å². The van der Waals surface area contributed by atoms with E-state index < -0.39 is 0 Å². The minimum absolute atomic E-state index is 0. The van der Waals surface area contributed by atoms with Crippen molar-refractivity contribution < 1.29 is 4.79 Å². The molecular formula is C18H27Cl2N3O. The van der Waals surface area contributed by atoms with Gasteiger partial charge in [0.15, 0.2) is 0 Å². The molecule has 2 atom stereocenters. The number of nitrogens with one attached hydrogen (secondary N) is 2. The first kappa shape index (κ1) is 19.5. The summed E-state index contributed by atoms with van der Waals surface area (Å²) in [6.07, 6.45) is 4.49. The average molecular weight is 372 g/mol. The maximum absolute atomic E-state index is 12.1. The van der Waals surface area contributed by atoms with Crippen molar-refractivity contribution in [3.63, 3.8) is 0 Å². The Balaban J connectivity index is 0.00000208. The van der Waals surface area contributed by atoms with Crippen LogP contribution >= 0.6 is 24.0 Å². The van der Waals surface area contributed by atoms with Gasteiger partial charge in [-0.1, -0.05) is 23.7 Å². The molecule has 2 heterocycles. The molecule has 4 nitrogen and oxygen atoms in total. The normalized spacial score (nSPS) is 24.4. The van der Waals surface area contributed by atoms with Crippen LogP contribution in [-0.4, -0.2) is 43.0 Å². The molecule has 3 rings (SSSR count). The minimum Gasteiger partial charge on any atom is -0.354 e. The van der Waals surface area contributed by atoms with Gasteiger partial charge in [-0.2, -0.15) is 0 Å². The van der Waals surface area contributed by atoms with Gasteiger partial charge in [-0.25, -0.2) is 0 Å². The average Bonchev–Trinajstić information content (AvgIpc) is 3.10. The molecule has 2 N–H and O–H groups in total. The molecule has 24 heavy (non-hydrogen) atoms. The molecule has 2 aliphatic heterocycles. The van der Waals surface area contributed by atoms with Crippen molar-refractivity contribution in [1.29, 1.82) is 0 Å². The number of carbonyl (C=O) groups is 1. The Hall–Kier alpha value is -0.810. The lowest BCUT2D eigenvalue weighted by molar-refractivity contribution is -0.123. The third-order valence-corrected chi connectivity index (χ3v) is 5.12. The van der Waals surface area contributed by atoms with Crippen LogP contribution in [-0.2, 0) is 11.3 Å². The Morgan fingerprint density at radius 1 is 1.25 bits per heavy atom. The molecule has 0 aliphatic carbocycles. The van der Waals surface area contributed by atoms with E-state index in [9.17, 15) is 4.79 Å². The van der Waals surface area contributed by atoms with Crippen LogP contribution in [0.5, 0.6) is 0 Å². The molecule has 1 aromatic rings. The predicted octanol–water partition coefficient (Wildman–Crippen LogP) is 2.84. The zero-order chi connectivity index (χ0) is 16.1. The van der Waals surface area contributed by atoms with Crippen LogP contribution in [0.4, 0.5) is 0 Å². The highest BCUT2D eigenvalue weighted by molar-refractivity contribution is 6.30. The number of hydrogen-bond donors (Lipinski definition) is 2. The van der Waals surface area contributed by atoms with Gasteiger partial charge in [0, 0.05) is 24.7 Å². The Morgan fingerprint density at radius 2 is 2.04 bits per heavy atom. The van der Waals surface area contributed by atoms with E-state index in [1.54, 1.807) is 0 Å². The van der Waals surface area contributed by atoms with Crippen molar-refractivity contribution in [3.8, 4) is 0 Å². The number of benzene rings is 1. The largest absolute Gasteiger partial charge is 0.354 e. The summed E-state index contributed by atoms with van der Waals surface area (Å²) in [5, 5.41) is 7.18. The van der Waals surface area contributed by atoms with Crippen molar-refractivity contribution >= 4 is 29.9 Å². The van der Waals surface area contributed by atoms with Crippen molar-refractivity contribution in [2.45, 2.75) is 38.3 Å². The summed E-state index contributed by atoms with van der Waals surface area (Å²) in [7, 11) is 0. The quantitative estimate of drug-likeness (QED) is 0.836. The lowest BCUT2D eigenvalue weighted by Gasteiger charge is -2.33. The summed E-state index contributed by atoms with van der Waals surface area (Å²) >= 11 is 5.94. The van der Waals surface area contributed by atoms with E-state index in [4.69, 9.17) is 11.6 Å². The van der Waals surface area contributed by atoms with Crippen LogP contribution in [0, 0.1) is 5.92 Å². The van der Waals surface area contributed by atoms with Gasteiger partial charge < -0.3 is 10.6 Å². The summed E-state index contributed by atoms with van der Waals surface area (Å²) in [6, 6.07) is 8.13. The van der Waals surface area contributed by atoms with Gasteiger partial charge in [0.25, 0.3) is 0 Å². The molecule has 0 saturated carbocycles. The van der Waals surface area contributed by atoms with Gasteiger partial charge in [-0.3, -0.25) is 9.69 Å². The van der Waals surface area contributed by atoms with Crippen LogP contribution in [0.1, 0.15) is 31.2 Å². The number of halogens is 2. The SMILES string of the molecule is Cl.O=C(NCC1CCCN(Cc2ccc(Cl)cc2)C1)C1CCCN1. The number of nitrogens with zero attached hydrogens (tertiary/aromatic N) is 1. The van der Waals surface area contributed by atoms with Crippen molar-refractivity contribution in [3.05, 3.63) is 34.9 Å². The topological polar surface area (TPSA) is 44.4 Å². The molecule has 0 radical (unpaired) electrons. The highest BCUT2D eigenvalue weighted by Gasteiger charge is 2.24. The number of likely N-dealkylation sites (tertiary alicyclic amines) is 1. The van der Waals surface area contributed by atoms with E-state index in [2.05, 4.69) is 27.7 Å². The van der Waals surface area contributed by atoms with E-state index in [-0.39, 0.29) is 24.4 Å². The van der Waals surface area contributed by atoms with Gasteiger partial charge in [0.1, 0.15) is 0 Å². The van der Waals surface area contributed by atoms with Gasteiger partial charge >= 0.3 is 0 Å². The van der Waals surface area contributed by atoms with E-state index >= 15 is 0 Å². The molecule has 134 valence electrons. The Labute approximate surface area is 155 Å². The van der Waals surface area contributed by atoms with Crippen LogP contribution in [0.3, 0.4) is 0 Å². The number of rotatable bonds is 5. The second-order valence-corrected chi connectivity index (χ2v) is 7.20. The van der Waals surface area contributed by atoms with Gasteiger partial charge in [0.05, 0.1) is 6.04 Å². The molecule has 0 bridgehead atoms. The Morgan fingerprint density at radius 3 is 2.75 bits per heavy atom. The van der Waals surface area contributed by atoms with E-state index in [1.165, 1.54) is 18.4 Å². The fraction of sp³-hybridized carbons (Fsp3) is 0.611. The molecule has 2 saturated heterocycles. The van der Waals surface area contributed by atoms with Gasteiger partial charge in [-0.05, 0) is 62.4 Å². The highest BCUT2D eigenvalue weighted by Crippen LogP contribution is 2.19. The van der Waals surface area contributed by atoms with Gasteiger partial charge in [-0.15, -0.1) is 12.4 Å². The van der Waals surface area contributed by atoms with E-state index in [1.807, 2.05) is 12.1 Å². The second kappa shape index (κ2) is 9.62. The standard InChI is InChI=1S/C18H26ClN3O.ClH/c19-16-7-5-14(6-8-16)12-22-10-2-3-15(13-22)11-21-18(23)17-4-1-9-20-17;/h5-8,15,17,20H,1-4,9-13H2,(H,21,23);1H. The third kappa shape index (κ3) is 5.62. The first-order valence-corrected chi connectivity index (χ1v) is 9.06. The maximum atomic E-state index is 12.1. The van der Waals surface area contributed by atoms with Crippen LogP contribution < -0.4 is 10.6 Å². The van der Waals surface area contributed by atoms with Crippen molar-refractivity contribution in [1.82, 2.24) is 15.5 Å². The molecule has 2 unspecified atom stereocenters. The monoisotopic (exact) mass is 371 g/mol. The van der Waals surface area contributed by atoms with Crippen LogP contribution in [0.2, 0.25) is 5.02 Å². The molecule has 2 fully saturated rings. The Bertz CT molecular complexity index is 518. The summed E-state index contributed by atoms with van der Waals surface area (Å²) in [6.45, 7) is 4.93. The zero-order valence-corrected chi connectivity index (χ0v) is 15.5. The number of hydrogen-bond acceptors (Lipinski definition) is 3. The molecule has 2 aliphatic rings. The van der Waals surface area contributed by atoms with Crippen LogP contribution in [0.15, 0.2) is 24.3 Å². The van der Waals surface area contributed by atoms with E-state index in [0.717, 1.165) is 50.6 Å². The summed E-state index contributed by atoms with van der Waals surface area (Å²) in [5.74, 6) is 0.735. The second-order valence-electron chi connectivity index (χ2n) is 6.76. The molecule has 6 heteroatoms. The number of carbonyl (C=O) groups excluding carboxylic acids is 1. The first-order valence-electron chi connectivity index (χ1n) is 8.68. The zero-order valence-electron chi connectivity index (χ0n) is 14.0. The molecule has 1 aromatic carbocycles. The predicted molar refractivity (Wildman–Crippen MR) is 101 cm³/mol. The summed E-state index contributed by atoms with van der Waals surface area (Å²) < 4.78 is 0. The minimum atomic E-state index is 0. The lowest BCUT2D eigenvalue weighted by Crippen LogP contribution is -2.45. The smallest absolute Gasteiger partial charge is 0.237 e. The maximum Gasteiger partial charge on any atom is 0.237 e. The molecule has 0 spiro atoms. The summed E-state index contributed by atoms with van der Waals surface area (Å²) in [5.41, 5.74) is 1.30. The molecule has 0 aromatic heterocycles. The number of piperidine rings is 1. The molecule has 1 amide bonds. The lowest BCUT2D eigenvalue weighted by atomic mass is 9.97. The van der Waals surface area contributed by atoms with Crippen molar-refractivity contribution in [2.24, 2.45) is 5.92 Å². The first-order chi connectivity index (χ1) is 11.2.